The van der Waals surface area contributed by atoms with E-state index in [1.807, 2.05) is 0 Å². The molecule has 4 fully saturated rings. The molecule has 2 spiro atoms. The fraction of sp³-hybridized carbons (Fsp3) is 0.750. The Morgan fingerprint density at radius 1 is 1.14 bits per heavy atom. The molecular weight excluding hydrogens is 503 g/mol. The van der Waals surface area contributed by atoms with Crippen LogP contribution in [0.15, 0.2) is 12.1 Å². The molecular formula is C24H28F3NO7S. The average Bonchev–Trinajstić information content (AvgIpc) is 3.38. The first-order valence-electron chi connectivity index (χ1n) is 12.6. The highest BCUT2D eigenvalue weighted by molar-refractivity contribution is 7.88. The number of ether oxygens (including phenoxy) is 3. The third kappa shape index (κ3) is 2.82. The van der Waals surface area contributed by atoms with Crippen LogP contribution in [0.25, 0.3) is 0 Å². The maximum atomic E-state index is 13.2. The van der Waals surface area contributed by atoms with Gasteiger partial charge in [0.25, 0.3) is 0 Å². The number of benzene rings is 1. The summed E-state index contributed by atoms with van der Waals surface area (Å²) in [5.74, 6) is -1.15. The third-order valence-corrected chi connectivity index (χ3v) is 10.5. The second-order valence-electron chi connectivity index (χ2n) is 11.1. The third-order valence-electron chi connectivity index (χ3n) is 9.54. The van der Waals surface area contributed by atoms with Crippen LogP contribution < -0.4 is 8.92 Å². The minimum absolute atomic E-state index is 0.0602. The molecule has 0 aromatic heterocycles. The number of fused-ring (bicyclic) bond motifs is 1. The second kappa shape index (κ2) is 7.28. The molecule has 36 heavy (non-hydrogen) atoms. The molecule has 0 amide bonds. The van der Waals surface area contributed by atoms with Gasteiger partial charge in [0.15, 0.2) is 17.6 Å². The molecule has 7 rings (SSSR count). The number of halogens is 3. The number of aliphatic hydroxyl groups is 1. The predicted molar refractivity (Wildman–Crippen MR) is 118 cm³/mol. The van der Waals surface area contributed by atoms with E-state index < -0.39 is 44.3 Å². The number of nitrogens with zero attached hydrogens (tertiary/aromatic N) is 1. The smallest absolute Gasteiger partial charge is 0.479 e. The highest BCUT2D eigenvalue weighted by atomic mass is 32.2. The molecule has 198 valence electrons. The first kappa shape index (κ1) is 23.5. The maximum absolute atomic E-state index is 13.2. The summed E-state index contributed by atoms with van der Waals surface area (Å²) in [5.41, 5.74) is -6.47. The number of alkyl halides is 3. The van der Waals surface area contributed by atoms with Crippen LogP contribution in [0.4, 0.5) is 13.2 Å². The summed E-state index contributed by atoms with van der Waals surface area (Å²) in [4.78, 5) is 2.37. The van der Waals surface area contributed by atoms with Gasteiger partial charge >= 0.3 is 15.6 Å². The Labute approximate surface area is 206 Å². The van der Waals surface area contributed by atoms with E-state index >= 15 is 0 Å². The van der Waals surface area contributed by atoms with Crippen LogP contribution in [0.2, 0.25) is 0 Å². The molecule has 1 N–H and O–H groups in total. The van der Waals surface area contributed by atoms with Gasteiger partial charge in [-0.15, -0.1) is 0 Å². The van der Waals surface area contributed by atoms with Crippen molar-refractivity contribution < 1.29 is 45.1 Å². The molecule has 3 unspecified atom stereocenters. The zero-order valence-corrected chi connectivity index (χ0v) is 20.4. The first-order chi connectivity index (χ1) is 17.0. The molecule has 8 nitrogen and oxygen atoms in total. The Balaban J connectivity index is 1.38. The summed E-state index contributed by atoms with van der Waals surface area (Å²) in [7, 11) is -5.91. The van der Waals surface area contributed by atoms with Crippen molar-refractivity contribution in [2.75, 3.05) is 26.3 Å². The van der Waals surface area contributed by atoms with E-state index in [9.17, 15) is 26.7 Å². The molecule has 6 aliphatic rings. The molecule has 2 saturated heterocycles. The second-order valence-corrected chi connectivity index (χ2v) is 12.6. The Bertz CT molecular complexity index is 1210. The van der Waals surface area contributed by atoms with Crippen LogP contribution in [0.3, 0.4) is 0 Å². The lowest BCUT2D eigenvalue weighted by Crippen LogP contribution is -2.79. The summed E-state index contributed by atoms with van der Waals surface area (Å²) >= 11 is 0. The van der Waals surface area contributed by atoms with E-state index in [0.717, 1.165) is 12.1 Å². The van der Waals surface area contributed by atoms with Crippen molar-refractivity contribution in [3.8, 4) is 11.5 Å². The highest BCUT2D eigenvalue weighted by Crippen LogP contribution is 2.68. The van der Waals surface area contributed by atoms with Crippen molar-refractivity contribution in [2.45, 2.75) is 79.4 Å². The Morgan fingerprint density at radius 3 is 2.56 bits per heavy atom. The van der Waals surface area contributed by atoms with Crippen molar-refractivity contribution in [1.29, 1.82) is 0 Å². The summed E-state index contributed by atoms with van der Waals surface area (Å²) < 4.78 is 86.4. The van der Waals surface area contributed by atoms with Gasteiger partial charge in [-0.05, 0) is 56.2 Å². The van der Waals surface area contributed by atoms with Crippen LogP contribution in [0, 0.1) is 5.92 Å². The topological polar surface area (TPSA) is 94.5 Å². The molecule has 2 bridgehead atoms. The molecule has 1 aromatic carbocycles. The maximum Gasteiger partial charge on any atom is 0.534 e. The monoisotopic (exact) mass is 531 g/mol. The van der Waals surface area contributed by atoms with Crippen molar-refractivity contribution >= 4 is 10.1 Å². The van der Waals surface area contributed by atoms with Gasteiger partial charge in [-0.3, -0.25) is 4.90 Å². The lowest BCUT2D eigenvalue weighted by Gasteiger charge is -2.65. The van der Waals surface area contributed by atoms with E-state index in [-0.39, 0.29) is 11.8 Å². The van der Waals surface area contributed by atoms with Crippen molar-refractivity contribution in [3.05, 3.63) is 23.3 Å². The van der Waals surface area contributed by atoms with E-state index in [0.29, 0.717) is 56.9 Å². The summed E-state index contributed by atoms with van der Waals surface area (Å²) in [6.07, 6.45) is 4.46. The zero-order chi connectivity index (χ0) is 25.1. The van der Waals surface area contributed by atoms with Gasteiger partial charge in [-0.25, -0.2) is 0 Å². The van der Waals surface area contributed by atoms with Crippen molar-refractivity contribution in [1.82, 2.24) is 4.90 Å². The van der Waals surface area contributed by atoms with E-state index in [1.54, 1.807) is 6.07 Å². The van der Waals surface area contributed by atoms with Gasteiger partial charge in [0.05, 0.1) is 24.2 Å². The number of piperidine rings is 1. The van der Waals surface area contributed by atoms with Crippen LogP contribution >= 0.6 is 0 Å². The molecule has 0 radical (unpaired) electrons. The summed E-state index contributed by atoms with van der Waals surface area (Å²) in [6.45, 7) is 2.26. The SMILES string of the molecule is O=S(=O)(Oc1ccc2c3c1OC1C4(CCC5(O)[C@@H](C2)N(CC2CCC2)CCC315)OCCO4)C(F)(F)F. The van der Waals surface area contributed by atoms with Crippen LogP contribution in [-0.4, -0.2) is 73.8 Å². The molecule has 3 heterocycles. The summed E-state index contributed by atoms with van der Waals surface area (Å²) in [6, 6.07) is 2.65. The zero-order valence-electron chi connectivity index (χ0n) is 19.6. The van der Waals surface area contributed by atoms with Gasteiger partial charge in [0.1, 0.15) is 0 Å². The molecule has 1 aromatic rings. The molecule has 3 aliphatic carbocycles. The van der Waals surface area contributed by atoms with Gasteiger partial charge in [0.2, 0.25) is 5.79 Å². The Morgan fingerprint density at radius 2 is 1.89 bits per heavy atom. The lowest BCUT2D eigenvalue weighted by atomic mass is 9.48. The van der Waals surface area contributed by atoms with E-state index in [1.165, 1.54) is 25.3 Å². The van der Waals surface area contributed by atoms with Crippen LogP contribution in [0.1, 0.15) is 49.7 Å². The van der Waals surface area contributed by atoms with Gasteiger partial charge < -0.3 is 23.5 Å². The highest BCUT2D eigenvalue weighted by Gasteiger charge is 2.77. The number of hydrogen-bond donors (Lipinski definition) is 1. The van der Waals surface area contributed by atoms with Crippen LogP contribution in [-0.2, 0) is 31.4 Å². The standard InChI is InChI=1S/C24H28F3NO7S/c25-24(26,27)36(30,31)35-16-5-4-15-12-17-22(29)6-7-23(32-10-11-33-23)20-21(22,18(15)19(16)34-20)8-9-28(17)13-14-2-1-3-14/h4-5,14,17,20,29H,1-3,6-13H2/t17-,20?,21?,22?/m1/s1. The first-order valence-corrected chi connectivity index (χ1v) is 14.0. The average molecular weight is 532 g/mol. The summed E-state index contributed by atoms with van der Waals surface area (Å²) in [5, 5.41) is 12.5. The van der Waals surface area contributed by atoms with Crippen molar-refractivity contribution in [3.63, 3.8) is 0 Å². The normalized spacial score (nSPS) is 36.9. The number of rotatable bonds is 4. The minimum atomic E-state index is -5.91. The Kier molecular flexibility index (Phi) is 4.75. The molecule has 12 heteroatoms. The largest absolute Gasteiger partial charge is 0.534 e. The van der Waals surface area contributed by atoms with Crippen molar-refractivity contribution in [2.24, 2.45) is 5.92 Å². The fourth-order valence-corrected chi connectivity index (χ4v) is 8.26. The quantitative estimate of drug-likeness (QED) is 0.468. The molecule has 3 aliphatic heterocycles. The Hall–Kier alpha value is -1.60. The number of likely N-dealkylation sites (tertiary alicyclic amines) is 1. The van der Waals surface area contributed by atoms with Gasteiger partial charge in [0, 0.05) is 24.6 Å². The lowest BCUT2D eigenvalue weighted by molar-refractivity contribution is -0.297. The predicted octanol–water partition coefficient (Wildman–Crippen LogP) is 2.61. The van der Waals surface area contributed by atoms with Gasteiger partial charge in [-0.2, -0.15) is 21.6 Å². The number of hydrogen-bond acceptors (Lipinski definition) is 8. The molecule has 2 saturated carbocycles. The van der Waals surface area contributed by atoms with Gasteiger partial charge in [-0.1, -0.05) is 12.5 Å². The van der Waals surface area contributed by atoms with E-state index in [2.05, 4.69) is 9.08 Å². The fourth-order valence-electron chi connectivity index (χ4n) is 7.80. The van der Waals surface area contributed by atoms with Crippen LogP contribution in [0.5, 0.6) is 11.5 Å². The minimum Gasteiger partial charge on any atom is -0.479 e. The molecule has 4 atom stereocenters. The van der Waals surface area contributed by atoms with E-state index in [4.69, 9.17) is 14.2 Å².